The molecule has 0 aliphatic carbocycles. The predicted octanol–water partition coefficient (Wildman–Crippen LogP) is 5.39. The van der Waals surface area contributed by atoms with E-state index in [0.29, 0.717) is 6.61 Å². The molecule has 2 aromatic rings. The Morgan fingerprint density at radius 2 is 1.59 bits per heavy atom. The number of nitrogens with zero attached hydrogens (tertiary/aromatic N) is 2. The van der Waals surface area contributed by atoms with Crippen molar-refractivity contribution in [3.63, 3.8) is 0 Å². The standard InChI is InChI=1S/C28H45N3O4SSeSi2/c1-18(2)38(19(3)4)33-17-23-25(34-39(35-38,20(5)6)21(7)8)26(37-22-13-11-10-12-14-22)28(9,36-23)31-16-15-24(29)30-27(31)32/h10-16,18-21,23,25-26H,17H2,1-9H3,(H2,29,30,32)/t23-,25-,26-,28-/m1/s1. The first-order valence-electron chi connectivity index (χ1n) is 14.0. The van der Waals surface area contributed by atoms with Gasteiger partial charge in [0.2, 0.25) is 0 Å². The maximum absolute atomic E-state index is 13.3. The van der Waals surface area contributed by atoms with Gasteiger partial charge in [0.05, 0.1) is 0 Å². The molecule has 0 amide bonds. The van der Waals surface area contributed by atoms with E-state index in [-0.39, 0.29) is 64.8 Å². The quantitative estimate of drug-likeness (QED) is 0.401. The van der Waals surface area contributed by atoms with Gasteiger partial charge in [0.25, 0.3) is 0 Å². The van der Waals surface area contributed by atoms with Crippen molar-refractivity contribution in [3.8, 4) is 0 Å². The van der Waals surface area contributed by atoms with Gasteiger partial charge in [0, 0.05) is 0 Å². The fourth-order valence-corrected chi connectivity index (χ4v) is 23.0. The van der Waals surface area contributed by atoms with Gasteiger partial charge in [-0.3, -0.25) is 0 Å². The molecule has 216 valence electrons. The van der Waals surface area contributed by atoms with E-state index in [1.807, 2.05) is 6.07 Å². The van der Waals surface area contributed by atoms with Gasteiger partial charge >= 0.3 is 248 Å². The molecule has 3 heterocycles. The van der Waals surface area contributed by atoms with Crippen LogP contribution in [-0.4, -0.2) is 59.6 Å². The van der Waals surface area contributed by atoms with Crippen LogP contribution < -0.4 is 15.9 Å². The normalized spacial score (nSPS) is 28.6. The van der Waals surface area contributed by atoms with E-state index in [2.05, 4.69) is 91.6 Å². The number of fused-ring (bicyclic) bond motifs is 1. The first-order valence-corrected chi connectivity index (χ1v) is 20.7. The first kappa shape index (κ1) is 31.0. The Labute approximate surface area is 246 Å². The molecule has 2 aliphatic rings. The maximum atomic E-state index is 13.3. The minimum absolute atomic E-state index is 0.0150. The van der Waals surface area contributed by atoms with Crippen LogP contribution in [0, 0.1) is 0 Å². The SMILES string of the molecule is CC(C)[Si]1(C(C)C)OC[C@H]2S[C@@](C)(n3ccc(N)nc3=O)[C@H]([Se]c3ccccc3)[C@@H]2O[Si](C(C)C)(C(C)C)O1. The van der Waals surface area contributed by atoms with Gasteiger partial charge in [0.15, 0.2) is 0 Å². The van der Waals surface area contributed by atoms with E-state index in [0.717, 1.165) is 0 Å². The van der Waals surface area contributed by atoms with E-state index < -0.39 is 22.0 Å². The summed E-state index contributed by atoms with van der Waals surface area (Å²) < 4.78 is 25.2. The summed E-state index contributed by atoms with van der Waals surface area (Å²) in [6.45, 7) is 20.8. The number of nitrogens with two attached hydrogens (primary N) is 1. The van der Waals surface area contributed by atoms with E-state index in [9.17, 15) is 4.79 Å². The number of aromatic nitrogens is 2. The van der Waals surface area contributed by atoms with Crippen LogP contribution in [-0.2, 0) is 17.8 Å². The van der Waals surface area contributed by atoms with Gasteiger partial charge in [0.1, 0.15) is 0 Å². The number of nitrogen functional groups attached to an aromatic ring is 1. The first-order chi connectivity index (χ1) is 18.3. The second kappa shape index (κ2) is 11.8. The van der Waals surface area contributed by atoms with Gasteiger partial charge in [-0.15, -0.1) is 0 Å². The number of thioether (sulfide) groups is 1. The zero-order valence-electron chi connectivity index (χ0n) is 24.7. The third-order valence-corrected chi connectivity index (χ3v) is 23.6. The van der Waals surface area contributed by atoms with Crippen LogP contribution in [0.15, 0.2) is 47.4 Å². The summed E-state index contributed by atoms with van der Waals surface area (Å²) in [6.07, 6.45) is 1.69. The monoisotopic (exact) mass is 655 g/mol. The third-order valence-electron chi connectivity index (χ3n) is 8.22. The molecule has 2 saturated heterocycles. The molecule has 2 fully saturated rings. The molecular weight excluding hydrogens is 610 g/mol. The Balaban J connectivity index is 1.90. The van der Waals surface area contributed by atoms with Crippen molar-refractivity contribution in [2.45, 2.75) is 106 Å². The summed E-state index contributed by atoms with van der Waals surface area (Å²) in [5.41, 5.74) is 6.63. The molecule has 4 atom stereocenters. The zero-order valence-corrected chi connectivity index (χ0v) is 29.2. The fourth-order valence-electron chi connectivity index (χ4n) is 6.12. The summed E-state index contributed by atoms with van der Waals surface area (Å²) in [7, 11) is -5.45. The second-order valence-electron chi connectivity index (χ2n) is 12.1. The Bertz CT molecular complexity index is 1180. The van der Waals surface area contributed by atoms with E-state index >= 15 is 0 Å². The number of hydrogen-bond acceptors (Lipinski definition) is 7. The number of anilines is 1. The zero-order chi connectivity index (χ0) is 28.8. The number of benzene rings is 1. The molecule has 39 heavy (non-hydrogen) atoms. The molecule has 1 aromatic carbocycles. The fraction of sp³-hybridized carbons (Fsp3) is 0.643. The molecule has 0 radical (unpaired) electrons. The topological polar surface area (TPSA) is 88.6 Å². The molecule has 2 N–H and O–H groups in total. The number of rotatable bonds is 7. The minimum atomic E-state index is -2.80. The third kappa shape index (κ3) is 5.62. The molecule has 1 aromatic heterocycles. The molecule has 2 aliphatic heterocycles. The van der Waals surface area contributed by atoms with Gasteiger partial charge in [-0.05, 0) is 0 Å². The van der Waals surface area contributed by atoms with Crippen LogP contribution in [0.1, 0.15) is 62.3 Å². The van der Waals surface area contributed by atoms with Crippen molar-refractivity contribution in [2.75, 3.05) is 12.3 Å². The molecular formula is C28H45N3O4SSeSi2. The van der Waals surface area contributed by atoms with Crippen molar-refractivity contribution in [1.82, 2.24) is 9.55 Å². The van der Waals surface area contributed by atoms with Gasteiger partial charge in [-0.2, -0.15) is 0 Å². The average molecular weight is 655 g/mol. The van der Waals surface area contributed by atoms with Crippen LogP contribution in [0.3, 0.4) is 0 Å². The Hall–Kier alpha value is -0.917. The predicted molar refractivity (Wildman–Crippen MR) is 167 cm³/mol. The molecule has 0 saturated carbocycles. The van der Waals surface area contributed by atoms with Crippen LogP contribution in [0.5, 0.6) is 0 Å². The Morgan fingerprint density at radius 3 is 2.13 bits per heavy atom. The van der Waals surface area contributed by atoms with Crippen LogP contribution >= 0.6 is 11.8 Å². The summed E-state index contributed by atoms with van der Waals surface area (Å²) in [6, 6.07) is 12.3. The summed E-state index contributed by atoms with van der Waals surface area (Å²) in [5, 5.41) is 0.0627. The van der Waals surface area contributed by atoms with Crippen molar-refractivity contribution < 1.29 is 13.0 Å². The molecule has 0 unspecified atom stereocenters. The van der Waals surface area contributed by atoms with E-state index in [1.54, 1.807) is 28.6 Å². The van der Waals surface area contributed by atoms with Gasteiger partial charge in [-0.25, -0.2) is 0 Å². The van der Waals surface area contributed by atoms with Crippen molar-refractivity contribution in [3.05, 3.63) is 53.1 Å². The van der Waals surface area contributed by atoms with Gasteiger partial charge in [-0.1, -0.05) is 0 Å². The van der Waals surface area contributed by atoms with E-state index in [1.165, 1.54) is 4.46 Å². The van der Waals surface area contributed by atoms with Crippen LogP contribution in [0.4, 0.5) is 5.82 Å². The second-order valence-corrected chi connectivity index (χ2v) is 25.2. The van der Waals surface area contributed by atoms with E-state index in [4.69, 9.17) is 18.7 Å². The van der Waals surface area contributed by atoms with Crippen LogP contribution in [0.25, 0.3) is 0 Å². The molecule has 7 nitrogen and oxygen atoms in total. The Kier molecular flexibility index (Phi) is 9.35. The number of hydrogen-bond donors (Lipinski definition) is 1. The molecule has 0 spiro atoms. The van der Waals surface area contributed by atoms with Crippen molar-refractivity contribution in [2.24, 2.45) is 0 Å². The Morgan fingerprint density at radius 1 is 1.00 bits per heavy atom. The summed E-state index contributed by atoms with van der Waals surface area (Å²) in [4.78, 5) is 16.9. The summed E-state index contributed by atoms with van der Waals surface area (Å²) >= 11 is 1.82. The van der Waals surface area contributed by atoms with Crippen LogP contribution in [0.2, 0.25) is 27.0 Å². The molecule has 4 rings (SSSR count). The van der Waals surface area contributed by atoms with Crippen molar-refractivity contribution in [1.29, 1.82) is 0 Å². The molecule has 0 bridgehead atoms. The average Bonchev–Trinajstić information content (AvgIpc) is 3.09. The van der Waals surface area contributed by atoms with Gasteiger partial charge < -0.3 is 0 Å². The molecule has 11 heteroatoms. The van der Waals surface area contributed by atoms with Crippen molar-refractivity contribution >= 4 is 54.1 Å². The summed E-state index contributed by atoms with van der Waals surface area (Å²) in [5.74, 6) is 0.239.